The van der Waals surface area contributed by atoms with Gasteiger partial charge in [0.05, 0.1) is 10.7 Å². The average molecular weight is 469 g/mol. The Hall–Kier alpha value is -2.53. The van der Waals surface area contributed by atoms with Crippen LogP contribution in [0.4, 0.5) is 0 Å². The van der Waals surface area contributed by atoms with E-state index in [1.807, 2.05) is 52.8 Å². The summed E-state index contributed by atoms with van der Waals surface area (Å²) in [6.07, 6.45) is 7.53. The summed E-state index contributed by atoms with van der Waals surface area (Å²) in [5.41, 5.74) is 3.97. The van der Waals surface area contributed by atoms with Gasteiger partial charge in [0.25, 0.3) is 0 Å². The monoisotopic (exact) mass is 468 g/mol. The first-order valence-corrected chi connectivity index (χ1v) is 11.8. The van der Waals surface area contributed by atoms with Crippen LogP contribution in [-0.2, 0) is 14.4 Å². The van der Waals surface area contributed by atoms with Gasteiger partial charge < -0.3 is 4.90 Å². The normalized spacial score (nSPS) is 25.5. The number of aliphatic imine (C=N–C) groups is 1. The first-order chi connectivity index (χ1) is 15.4. The molecule has 33 heavy (non-hydrogen) atoms. The zero-order valence-corrected chi connectivity index (χ0v) is 21.1. The molecule has 0 bridgehead atoms. The minimum absolute atomic E-state index is 0.0703. The van der Waals surface area contributed by atoms with Gasteiger partial charge in [-0.1, -0.05) is 23.8 Å². The van der Waals surface area contributed by atoms with Crippen LogP contribution in [0.25, 0.3) is 5.70 Å². The highest BCUT2D eigenvalue weighted by Gasteiger charge is 2.44. The van der Waals surface area contributed by atoms with Gasteiger partial charge in [0, 0.05) is 43.1 Å². The number of Topliss-reactive ketones (excluding diaryl/α,β-unsaturated/α-hetero) is 2. The summed E-state index contributed by atoms with van der Waals surface area (Å²) in [4.78, 5) is 45.1. The second kappa shape index (κ2) is 9.76. The van der Waals surface area contributed by atoms with Gasteiger partial charge >= 0.3 is 0 Å². The second-order valence-electron chi connectivity index (χ2n) is 10.1. The van der Waals surface area contributed by atoms with Crippen molar-refractivity contribution in [3.63, 3.8) is 0 Å². The molecule has 1 saturated carbocycles. The molecule has 1 aromatic rings. The van der Waals surface area contributed by atoms with Gasteiger partial charge in [0.2, 0.25) is 5.91 Å². The van der Waals surface area contributed by atoms with E-state index in [0.29, 0.717) is 5.03 Å². The number of carbonyl (C=O) groups is 3. The quantitative estimate of drug-likeness (QED) is 0.546. The lowest BCUT2D eigenvalue weighted by Gasteiger charge is -2.32. The van der Waals surface area contributed by atoms with Gasteiger partial charge in [0.1, 0.15) is 11.7 Å². The first-order valence-electron chi connectivity index (χ1n) is 11.4. The Morgan fingerprint density at radius 1 is 1.12 bits per heavy atom. The van der Waals surface area contributed by atoms with Crippen LogP contribution < -0.4 is 0 Å². The summed E-state index contributed by atoms with van der Waals surface area (Å²) in [7, 11) is 1.74. The molecule has 0 spiro atoms. The summed E-state index contributed by atoms with van der Waals surface area (Å²) in [6, 6.07) is 3.97. The van der Waals surface area contributed by atoms with Crippen molar-refractivity contribution in [2.24, 2.45) is 10.9 Å². The lowest BCUT2D eigenvalue weighted by atomic mass is 9.85. The fraction of sp³-hybridized carbons (Fsp3) is 0.481. The van der Waals surface area contributed by atoms with E-state index in [1.54, 1.807) is 18.2 Å². The third kappa shape index (κ3) is 5.52. The Morgan fingerprint density at radius 3 is 2.33 bits per heavy atom. The number of hydrogen-bond acceptors (Lipinski definition) is 4. The van der Waals surface area contributed by atoms with E-state index in [0.717, 1.165) is 40.8 Å². The molecule has 5 nitrogen and oxygen atoms in total. The summed E-state index contributed by atoms with van der Waals surface area (Å²) in [5.74, 6) is -1.72. The van der Waals surface area contributed by atoms with Crippen LogP contribution in [0.5, 0.6) is 0 Å². The summed E-state index contributed by atoms with van der Waals surface area (Å²) >= 11 is 6.13. The molecule has 1 aromatic carbocycles. The molecule has 2 atom stereocenters. The van der Waals surface area contributed by atoms with Gasteiger partial charge in [-0.2, -0.15) is 0 Å². The van der Waals surface area contributed by atoms with E-state index < -0.39 is 11.8 Å². The molecule has 1 amide bonds. The largest absolute Gasteiger partial charge is 0.341 e. The number of ketones is 2. The molecule has 0 N–H and O–H groups in total. The van der Waals surface area contributed by atoms with Crippen molar-refractivity contribution in [3.05, 3.63) is 51.6 Å². The minimum Gasteiger partial charge on any atom is -0.341 e. The van der Waals surface area contributed by atoms with Crippen molar-refractivity contribution < 1.29 is 14.4 Å². The number of rotatable bonds is 4. The molecule has 0 radical (unpaired) electrons. The Labute approximate surface area is 201 Å². The molecule has 0 saturated heterocycles. The second-order valence-corrected chi connectivity index (χ2v) is 10.5. The number of benzene rings is 1. The highest BCUT2D eigenvalue weighted by atomic mass is 35.5. The van der Waals surface area contributed by atoms with Crippen LogP contribution in [0.15, 0.2) is 34.3 Å². The van der Waals surface area contributed by atoms with Crippen LogP contribution in [-0.4, -0.2) is 41.2 Å². The van der Waals surface area contributed by atoms with Crippen LogP contribution in [0.2, 0.25) is 0 Å². The molecule has 1 aliphatic carbocycles. The molecule has 3 rings (SSSR count). The predicted octanol–water partition coefficient (Wildman–Crippen LogP) is 5.52. The molecule has 1 aliphatic heterocycles. The fourth-order valence-electron chi connectivity index (χ4n) is 4.50. The number of halogens is 1. The van der Waals surface area contributed by atoms with Crippen molar-refractivity contribution >= 4 is 41.0 Å². The molecule has 1 fully saturated rings. The highest BCUT2D eigenvalue weighted by Crippen LogP contribution is 2.38. The number of aryl methyl sites for hydroxylation is 2. The van der Waals surface area contributed by atoms with Crippen LogP contribution in [0.3, 0.4) is 0 Å². The van der Waals surface area contributed by atoms with E-state index in [9.17, 15) is 14.4 Å². The van der Waals surface area contributed by atoms with Crippen molar-refractivity contribution in [2.45, 2.75) is 71.8 Å². The van der Waals surface area contributed by atoms with E-state index in [-0.39, 0.29) is 35.9 Å². The minimum atomic E-state index is -0.802. The Morgan fingerprint density at radius 2 is 1.73 bits per heavy atom. The topological polar surface area (TPSA) is 66.8 Å². The molecule has 0 aromatic heterocycles. The van der Waals surface area contributed by atoms with Crippen molar-refractivity contribution in [3.8, 4) is 0 Å². The Kier molecular flexibility index (Phi) is 7.42. The number of allylic oxidation sites excluding steroid dienone is 3. The van der Waals surface area contributed by atoms with E-state index in [4.69, 9.17) is 11.6 Å². The number of nitrogens with zero attached hydrogens (tertiary/aromatic N) is 2. The van der Waals surface area contributed by atoms with E-state index >= 15 is 0 Å². The predicted molar refractivity (Wildman–Crippen MR) is 134 cm³/mol. The van der Waals surface area contributed by atoms with Gasteiger partial charge in [-0.3, -0.25) is 19.4 Å². The maximum Gasteiger partial charge on any atom is 0.223 e. The number of carbonyl (C=O) groups excluding carboxylic acids is 3. The number of hydrogen-bond donors (Lipinski definition) is 0. The molecule has 2 unspecified atom stereocenters. The maximum absolute atomic E-state index is 13.3. The van der Waals surface area contributed by atoms with Crippen LogP contribution in [0.1, 0.15) is 74.6 Å². The standard InChI is InChI=1S/C27H33ClN2O3/c1-16-11-18(21-10-8-7-9-20(28)15-29-21)12-17(2)24(16)25-22(31)13-19(26(25)33)14-23(32)30(6)27(3,4)5/h9-12,15,19,25H,7-8,13-14H2,1-6H3/b20-9+,21-10-,29-15+. The average Bonchev–Trinajstić information content (AvgIpc) is 2.97. The maximum atomic E-state index is 13.3. The SMILES string of the molecule is Cc1cc(C2=C\CC\C=C(Cl)/C=N/2)cc(C)c1C1C(=O)CC(CC(=O)N(C)C(C)(C)C)C1=O. The van der Waals surface area contributed by atoms with Crippen LogP contribution >= 0.6 is 11.6 Å². The lowest BCUT2D eigenvalue weighted by Crippen LogP contribution is -2.43. The van der Waals surface area contributed by atoms with Crippen LogP contribution in [0, 0.1) is 19.8 Å². The summed E-state index contributed by atoms with van der Waals surface area (Å²) in [5, 5.41) is 0.616. The van der Waals surface area contributed by atoms with Gasteiger partial charge in [-0.15, -0.1) is 0 Å². The Bertz CT molecular complexity index is 1050. The molecule has 1 heterocycles. The smallest absolute Gasteiger partial charge is 0.223 e. The van der Waals surface area contributed by atoms with Crippen molar-refractivity contribution in [1.29, 1.82) is 0 Å². The lowest BCUT2D eigenvalue weighted by molar-refractivity contribution is -0.137. The van der Waals surface area contributed by atoms with Gasteiger partial charge in [-0.25, -0.2) is 0 Å². The molecular formula is C27H33ClN2O3. The molecule has 6 heteroatoms. The van der Waals surface area contributed by atoms with E-state index in [2.05, 4.69) is 11.1 Å². The first kappa shape index (κ1) is 25.1. The van der Waals surface area contributed by atoms with Crippen molar-refractivity contribution in [2.75, 3.05) is 7.05 Å². The molecule has 176 valence electrons. The summed E-state index contributed by atoms with van der Waals surface area (Å²) < 4.78 is 0. The highest BCUT2D eigenvalue weighted by molar-refractivity contribution is 6.39. The zero-order valence-electron chi connectivity index (χ0n) is 20.4. The van der Waals surface area contributed by atoms with Gasteiger partial charge in [-0.05, 0) is 76.3 Å². The third-order valence-electron chi connectivity index (χ3n) is 6.61. The van der Waals surface area contributed by atoms with Gasteiger partial charge in [0.15, 0.2) is 5.78 Å². The number of amides is 1. The Balaban J connectivity index is 1.87. The van der Waals surface area contributed by atoms with Crippen molar-refractivity contribution in [1.82, 2.24) is 4.90 Å². The zero-order chi connectivity index (χ0) is 24.5. The third-order valence-corrected chi connectivity index (χ3v) is 6.86. The molecular weight excluding hydrogens is 436 g/mol. The molecule has 2 aliphatic rings. The van der Waals surface area contributed by atoms with E-state index in [1.165, 1.54) is 0 Å². The summed E-state index contributed by atoms with van der Waals surface area (Å²) in [6.45, 7) is 9.70. The fourth-order valence-corrected chi connectivity index (χ4v) is 4.66.